The van der Waals surface area contributed by atoms with Crippen LogP contribution >= 0.6 is 0 Å². The Bertz CT molecular complexity index is 152. The third-order valence-electron chi connectivity index (χ3n) is 1.95. The predicted molar refractivity (Wildman–Crippen MR) is 45.8 cm³/mol. The van der Waals surface area contributed by atoms with Crippen LogP contribution < -0.4 is 5.32 Å². The maximum atomic E-state index is 11.8. The van der Waals surface area contributed by atoms with Crippen molar-refractivity contribution >= 4 is 0 Å². The van der Waals surface area contributed by atoms with Gasteiger partial charge in [0.05, 0.1) is 0 Å². The zero-order valence-electron chi connectivity index (χ0n) is 8.01. The second-order valence-corrected chi connectivity index (χ2v) is 3.08. The first kappa shape index (κ1) is 13.7. The summed E-state index contributed by atoms with van der Waals surface area (Å²) in [6.07, 6.45) is -5.91. The molecule has 2 unspecified atom stereocenters. The van der Waals surface area contributed by atoms with E-state index in [1.165, 1.54) is 0 Å². The first-order chi connectivity index (χ1) is 6.41. The van der Waals surface area contributed by atoms with Crippen molar-refractivity contribution in [2.24, 2.45) is 0 Å². The van der Waals surface area contributed by atoms with Crippen LogP contribution in [0.3, 0.4) is 0 Å². The largest absolute Gasteiger partial charge is 0.415 e. The number of aliphatic hydroxyl groups excluding tert-OH is 2. The number of nitrogens with one attached hydrogen (secondary N) is 1. The maximum Gasteiger partial charge on any atom is 0.415 e. The number of aliphatic hydroxyl groups is 2. The molecule has 0 aromatic heterocycles. The molecule has 0 aromatic carbocycles. The Morgan fingerprint density at radius 1 is 1.36 bits per heavy atom. The van der Waals surface area contributed by atoms with Crippen LogP contribution in [0, 0.1) is 0 Å². The molecule has 0 rings (SSSR count). The summed E-state index contributed by atoms with van der Waals surface area (Å²) in [5.74, 6) is 0. The van der Waals surface area contributed by atoms with E-state index < -0.39 is 18.8 Å². The summed E-state index contributed by atoms with van der Waals surface area (Å²) >= 11 is 0. The average molecular weight is 215 g/mol. The van der Waals surface area contributed by atoms with Gasteiger partial charge in [0.15, 0.2) is 6.10 Å². The van der Waals surface area contributed by atoms with Crippen LogP contribution in [-0.4, -0.2) is 41.7 Å². The van der Waals surface area contributed by atoms with E-state index in [2.05, 4.69) is 5.32 Å². The first-order valence-electron chi connectivity index (χ1n) is 4.50. The van der Waals surface area contributed by atoms with E-state index >= 15 is 0 Å². The summed E-state index contributed by atoms with van der Waals surface area (Å²) in [5.41, 5.74) is 0. The molecular weight excluding hydrogens is 199 g/mol. The highest BCUT2D eigenvalue weighted by Crippen LogP contribution is 2.19. The molecule has 2 atom stereocenters. The number of rotatable bonds is 6. The molecule has 0 saturated carbocycles. The molecule has 0 bridgehead atoms. The third kappa shape index (κ3) is 5.41. The van der Waals surface area contributed by atoms with E-state index in [4.69, 9.17) is 10.2 Å². The summed E-state index contributed by atoms with van der Waals surface area (Å²) in [4.78, 5) is 0. The third-order valence-corrected chi connectivity index (χ3v) is 1.95. The first-order valence-corrected chi connectivity index (χ1v) is 4.50. The van der Waals surface area contributed by atoms with Crippen LogP contribution in [0.4, 0.5) is 13.2 Å². The molecule has 0 aliphatic rings. The number of hydrogen-bond acceptors (Lipinski definition) is 3. The quantitative estimate of drug-likeness (QED) is 0.610. The van der Waals surface area contributed by atoms with E-state index in [-0.39, 0.29) is 12.6 Å². The van der Waals surface area contributed by atoms with E-state index in [0.29, 0.717) is 12.8 Å². The molecule has 0 aliphatic heterocycles. The Hall–Kier alpha value is -0.330. The van der Waals surface area contributed by atoms with Gasteiger partial charge in [-0.1, -0.05) is 6.92 Å². The molecule has 0 amide bonds. The van der Waals surface area contributed by atoms with Crippen LogP contribution in [-0.2, 0) is 0 Å². The van der Waals surface area contributed by atoms with Gasteiger partial charge in [0.1, 0.15) is 0 Å². The molecule has 0 saturated heterocycles. The van der Waals surface area contributed by atoms with Gasteiger partial charge in [-0.3, -0.25) is 0 Å². The molecule has 0 aliphatic carbocycles. The lowest BCUT2D eigenvalue weighted by Crippen LogP contribution is -2.42. The normalized spacial score (nSPS) is 16.7. The Labute approximate surface area is 80.9 Å². The zero-order chi connectivity index (χ0) is 11.2. The van der Waals surface area contributed by atoms with Crippen LogP contribution in [0.1, 0.15) is 19.8 Å². The van der Waals surface area contributed by atoms with Crippen molar-refractivity contribution in [2.75, 3.05) is 13.2 Å². The zero-order valence-corrected chi connectivity index (χ0v) is 8.01. The second kappa shape index (κ2) is 6.21. The number of alkyl halides is 3. The monoisotopic (exact) mass is 215 g/mol. The second-order valence-electron chi connectivity index (χ2n) is 3.08. The lowest BCUT2D eigenvalue weighted by Gasteiger charge is -2.20. The van der Waals surface area contributed by atoms with E-state index in [0.717, 1.165) is 0 Å². The van der Waals surface area contributed by atoms with Crippen molar-refractivity contribution in [2.45, 2.75) is 38.1 Å². The van der Waals surface area contributed by atoms with Crippen molar-refractivity contribution in [3.8, 4) is 0 Å². The Balaban J connectivity index is 3.79. The van der Waals surface area contributed by atoms with Gasteiger partial charge in [-0.05, 0) is 12.8 Å². The fraction of sp³-hybridized carbons (Fsp3) is 1.00. The average Bonchev–Trinajstić information content (AvgIpc) is 2.10. The van der Waals surface area contributed by atoms with Crippen LogP contribution in [0.2, 0.25) is 0 Å². The van der Waals surface area contributed by atoms with Gasteiger partial charge in [-0.25, -0.2) is 0 Å². The summed E-state index contributed by atoms with van der Waals surface area (Å²) in [5, 5.41) is 19.8. The lowest BCUT2D eigenvalue weighted by atomic mass is 10.1. The summed E-state index contributed by atoms with van der Waals surface area (Å²) in [6, 6.07) is -0.183. The minimum Gasteiger partial charge on any atom is -0.396 e. The van der Waals surface area contributed by atoms with Gasteiger partial charge >= 0.3 is 6.18 Å². The molecule has 14 heavy (non-hydrogen) atoms. The molecule has 86 valence electrons. The van der Waals surface area contributed by atoms with E-state index in [1.54, 1.807) is 6.92 Å². The van der Waals surface area contributed by atoms with E-state index in [9.17, 15) is 13.2 Å². The predicted octanol–water partition coefficient (Wildman–Crippen LogP) is 0.660. The Kier molecular flexibility index (Phi) is 6.06. The molecule has 0 heterocycles. The van der Waals surface area contributed by atoms with Crippen molar-refractivity contribution in [3.05, 3.63) is 0 Å². The Morgan fingerprint density at radius 3 is 2.29 bits per heavy atom. The van der Waals surface area contributed by atoms with Crippen LogP contribution in [0.5, 0.6) is 0 Å². The summed E-state index contributed by atoms with van der Waals surface area (Å²) < 4.78 is 35.5. The molecular formula is C8H16F3NO2. The molecule has 0 fully saturated rings. The molecule has 0 spiro atoms. The highest BCUT2D eigenvalue weighted by molar-refractivity contribution is 4.72. The van der Waals surface area contributed by atoms with E-state index in [1.807, 2.05) is 0 Å². The Morgan fingerprint density at radius 2 is 1.93 bits per heavy atom. The van der Waals surface area contributed by atoms with Gasteiger partial charge in [-0.15, -0.1) is 0 Å². The molecule has 3 N–H and O–H groups in total. The highest BCUT2D eigenvalue weighted by atomic mass is 19.4. The highest BCUT2D eigenvalue weighted by Gasteiger charge is 2.37. The van der Waals surface area contributed by atoms with Gasteiger partial charge in [0, 0.05) is 19.2 Å². The van der Waals surface area contributed by atoms with Gasteiger partial charge in [0.25, 0.3) is 0 Å². The number of hydrogen-bond donors (Lipinski definition) is 3. The van der Waals surface area contributed by atoms with Crippen molar-refractivity contribution < 1.29 is 23.4 Å². The van der Waals surface area contributed by atoms with Crippen molar-refractivity contribution in [3.63, 3.8) is 0 Å². The van der Waals surface area contributed by atoms with Crippen molar-refractivity contribution in [1.29, 1.82) is 0 Å². The minimum absolute atomic E-state index is 0.0758. The fourth-order valence-corrected chi connectivity index (χ4v) is 1.00. The van der Waals surface area contributed by atoms with Gasteiger partial charge < -0.3 is 15.5 Å². The minimum atomic E-state index is -4.58. The number of halogens is 3. The topological polar surface area (TPSA) is 52.5 Å². The smallest absolute Gasteiger partial charge is 0.396 e. The molecule has 3 nitrogen and oxygen atoms in total. The summed E-state index contributed by atoms with van der Waals surface area (Å²) in [7, 11) is 0. The lowest BCUT2D eigenvalue weighted by molar-refractivity contribution is -0.202. The maximum absolute atomic E-state index is 11.8. The van der Waals surface area contributed by atoms with Crippen LogP contribution in [0.25, 0.3) is 0 Å². The van der Waals surface area contributed by atoms with Crippen molar-refractivity contribution in [1.82, 2.24) is 5.32 Å². The fourth-order valence-electron chi connectivity index (χ4n) is 1.00. The standard InChI is InChI=1S/C8H16F3NO2/c1-2-6(3-4-13)12-5-7(14)8(9,10)11/h6-7,12-14H,2-5H2,1H3. The molecule has 0 radical (unpaired) electrons. The molecule has 6 heteroatoms. The summed E-state index contributed by atoms with van der Waals surface area (Å²) in [6.45, 7) is 1.20. The van der Waals surface area contributed by atoms with Crippen LogP contribution in [0.15, 0.2) is 0 Å². The van der Waals surface area contributed by atoms with Gasteiger partial charge in [-0.2, -0.15) is 13.2 Å². The van der Waals surface area contributed by atoms with Gasteiger partial charge in [0.2, 0.25) is 0 Å². The molecule has 0 aromatic rings. The SMILES string of the molecule is CCC(CCO)NCC(O)C(F)(F)F.